The summed E-state index contributed by atoms with van der Waals surface area (Å²) in [6, 6.07) is 0.898. The van der Waals surface area contributed by atoms with Crippen LogP contribution in [-0.4, -0.2) is 27.5 Å². The van der Waals surface area contributed by atoms with E-state index in [-0.39, 0.29) is 11.0 Å². The van der Waals surface area contributed by atoms with Gasteiger partial charge in [-0.1, -0.05) is 31.9 Å². The van der Waals surface area contributed by atoms with Crippen molar-refractivity contribution in [3.8, 4) is 0 Å². The van der Waals surface area contributed by atoms with Crippen molar-refractivity contribution in [3.05, 3.63) is 49.7 Å². The molecule has 2 aromatic rings. The highest BCUT2D eigenvalue weighted by molar-refractivity contribution is 6.29. The van der Waals surface area contributed by atoms with Gasteiger partial charge in [-0.15, -0.1) is 4.73 Å². The zero-order valence-corrected chi connectivity index (χ0v) is 14.8. The Morgan fingerprint density at radius 3 is 2.96 bits per heavy atom. The fourth-order valence-electron chi connectivity index (χ4n) is 1.88. The van der Waals surface area contributed by atoms with E-state index in [0.29, 0.717) is 18.2 Å². The van der Waals surface area contributed by atoms with Crippen molar-refractivity contribution in [1.29, 1.82) is 0 Å². The van der Waals surface area contributed by atoms with Gasteiger partial charge in [0.1, 0.15) is 5.76 Å². The van der Waals surface area contributed by atoms with Crippen LogP contribution in [0, 0.1) is 11.7 Å². The molecule has 0 bridgehead atoms. The zero-order chi connectivity index (χ0) is 18.6. The molecule has 7 nitrogen and oxygen atoms in total. The average molecular weight is 369 g/mol. The van der Waals surface area contributed by atoms with Gasteiger partial charge in [-0.3, -0.25) is 14.8 Å². The number of nitrogens with one attached hydrogen (secondary N) is 1. The minimum Gasteiger partial charge on any atom is -0.374 e. The number of allylic oxidation sites excluding steroid dienone is 2. The van der Waals surface area contributed by atoms with Gasteiger partial charge in [-0.25, -0.2) is 14.2 Å². The van der Waals surface area contributed by atoms with E-state index in [4.69, 9.17) is 16.4 Å². The Balaban J connectivity index is 2.36. The molecule has 2 rings (SSSR count). The summed E-state index contributed by atoms with van der Waals surface area (Å²) in [6.07, 6.45) is 4.16. The van der Waals surface area contributed by atoms with Gasteiger partial charge in [0, 0.05) is 12.8 Å². The number of pyridine rings is 1. The standard InChI is InChI=1S/C16H18ClFN4O3/c1-4-9(2)8-19-6-5-10(3)25-22-14-11(15(23)21-16(22)24)7-12(18)13(17)20-14/h5-7,9H,4,8H2,1-3H3,(H,21,23,24)/b10-5-,19-6?. The number of hydrogen-bond donors (Lipinski definition) is 1. The van der Waals surface area contributed by atoms with Crippen LogP contribution in [0.1, 0.15) is 27.2 Å². The Hall–Kier alpha value is -2.48. The first-order chi connectivity index (χ1) is 11.8. The summed E-state index contributed by atoms with van der Waals surface area (Å²) < 4.78 is 14.3. The molecular weight excluding hydrogens is 351 g/mol. The second kappa shape index (κ2) is 8.06. The fourth-order valence-corrected chi connectivity index (χ4v) is 2.01. The van der Waals surface area contributed by atoms with Crippen LogP contribution in [0.2, 0.25) is 5.15 Å². The van der Waals surface area contributed by atoms with Crippen molar-refractivity contribution in [2.75, 3.05) is 6.54 Å². The molecule has 0 radical (unpaired) electrons. The van der Waals surface area contributed by atoms with Crippen molar-refractivity contribution in [3.63, 3.8) is 0 Å². The molecule has 25 heavy (non-hydrogen) atoms. The number of H-pyrrole nitrogens is 1. The van der Waals surface area contributed by atoms with Gasteiger partial charge < -0.3 is 4.84 Å². The first-order valence-corrected chi connectivity index (χ1v) is 8.07. The summed E-state index contributed by atoms with van der Waals surface area (Å²) >= 11 is 5.64. The third-order valence-corrected chi connectivity index (χ3v) is 3.78. The molecule has 1 atom stereocenters. The number of nitrogens with zero attached hydrogens (tertiary/aromatic N) is 3. The molecule has 134 valence electrons. The quantitative estimate of drug-likeness (QED) is 0.481. The maximum absolute atomic E-state index is 13.5. The average Bonchev–Trinajstić information content (AvgIpc) is 2.57. The third-order valence-electron chi connectivity index (χ3n) is 3.52. The number of aliphatic imine (C=N–C) groups is 1. The Kier molecular flexibility index (Phi) is 6.08. The maximum atomic E-state index is 13.5. The number of aromatic amines is 1. The molecule has 0 fully saturated rings. The molecule has 0 saturated heterocycles. The number of halogens is 2. The SMILES string of the molecule is CCC(C)CN=C/C=C(/C)On1c(=O)[nH]c(=O)c2cc(F)c(Cl)nc21. The highest BCUT2D eigenvalue weighted by Gasteiger charge is 2.14. The van der Waals surface area contributed by atoms with Crippen LogP contribution in [0.5, 0.6) is 0 Å². The monoisotopic (exact) mass is 368 g/mol. The summed E-state index contributed by atoms with van der Waals surface area (Å²) in [6.45, 7) is 6.45. The van der Waals surface area contributed by atoms with Crippen LogP contribution >= 0.6 is 11.6 Å². The number of hydrogen-bond acceptors (Lipinski definition) is 5. The second-order valence-electron chi connectivity index (χ2n) is 5.58. The molecule has 0 saturated carbocycles. The lowest BCUT2D eigenvalue weighted by atomic mass is 10.1. The lowest BCUT2D eigenvalue weighted by Crippen LogP contribution is -2.34. The van der Waals surface area contributed by atoms with Crippen molar-refractivity contribution in [1.82, 2.24) is 14.7 Å². The molecule has 0 aliphatic rings. The molecule has 0 aliphatic carbocycles. The van der Waals surface area contributed by atoms with Gasteiger partial charge in [-0.2, -0.15) is 0 Å². The highest BCUT2D eigenvalue weighted by atomic mass is 35.5. The first kappa shape index (κ1) is 18.9. The zero-order valence-electron chi connectivity index (χ0n) is 14.0. The molecule has 0 spiro atoms. The summed E-state index contributed by atoms with van der Waals surface area (Å²) in [7, 11) is 0. The van der Waals surface area contributed by atoms with Crippen LogP contribution in [0.3, 0.4) is 0 Å². The molecule has 0 aromatic carbocycles. The maximum Gasteiger partial charge on any atom is 0.363 e. The summed E-state index contributed by atoms with van der Waals surface area (Å²) in [5.74, 6) is -0.0715. The minimum absolute atomic E-state index is 0.153. The third kappa shape index (κ3) is 4.54. The van der Waals surface area contributed by atoms with E-state index < -0.39 is 22.2 Å². The molecular formula is C16H18ClFN4O3. The first-order valence-electron chi connectivity index (χ1n) is 7.69. The van der Waals surface area contributed by atoms with Crippen molar-refractivity contribution in [2.24, 2.45) is 10.9 Å². The smallest absolute Gasteiger partial charge is 0.363 e. The summed E-state index contributed by atoms with van der Waals surface area (Å²) in [5, 5.41) is -0.619. The molecule has 0 aliphatic heterocycles. The predicted octanol–water partition coefficient (Wildman–Crippen LogP) is 2.33. The van der Waals surface area contributed by atoms with E-state index >= 15 is 0 Å². The summed E-state index contributed by atoms with van der Waals surface area (Å²) in [4.78, 5) is 39.2. The predicted molar refractivity (Wildman–Crippen MR) is 94.7 cm³/mol. The van der Waals surface area contributed by atoms with Crippen LogP contribution in [-0.2, 0) is 0 Å². The Bertz CT molecular complexity index is 949. The lowest BCUT2D eigenvalue weighted by molar-refractivity contribution is 0.178. The van der Waals surface area contributed by atoms with Gasteiger partial charge in [-0.05, 0) is 25.0 Å². The topological polar surface area (TPSA) is 89.3 Å². The molecule has 9 heteroatoms. The van der Waals surface area contributed by atoms with Crippen molar-refractivity contribution in [2.45, 2.75) is 27.2 Å². The van der Waals surface area contributed by atoms with E-state index in [0.717, 1.165) is 17.2 Å². The number of aromatic nitrogens is 3. The minimum atomic E-state index is -0.866. The normalized spacial score (nSPS) is 13.6. The Labute approximate surface area is 147 Å². The number of rotatable bonds is 6. The second-order valence-corrected chi connectivity index (χ2v) is 5.94. The van der Waals surface area contributed by atoms with Gasteiger partial charge >= 0.3 is 5.69 Å². The van der Waals surface area contributed by atoms with Crippen LogP contribution in [0.15, 0.2) is 32.5 Å². The fraction of sp³-hybridized carbons (Fsp3) is 0.375. The molecule has 1 unspecified atom stereocenters. The Morgan fingerprint density at radius 1 is 1.56 bits per heavy atom. The highest BCUT2D eigenvalue weighted by Crippen LogP contribution is 2.15. The van der Waals surface area contributed by atoms with Crippen molar-refractivity contribution < 1.29 is 9.23 Å². The van der Waals surface area contributed by atoms with Gasteiger partial charge in [0.2, 0.25) is 0 Å². The van der Waals surface area contributed by atoms with E-state index in [1.165, 1.54) is 0 Å². The van der Waals surface area contributed by atoms with Gasteiger partial charge in [0.15, 0.2) is 16.6 Å². The molecule has 0 amide bonds. The van der Waals surface area contributed by atoms with E-state index in [2.05, 4.69) is 23.8 Å². The summed E-state index contributed by atoms with van der Waals surface area (Å²) in [5.41, 5.74) is -1.80. The van der Waals surface area contributed by atoms with Crippen LogP contribution in [0.4, 0.5) is 4.39 Å². The van der Waals surface area contributed by atoms with Gasteiger partial charge in [0.25, 0.3) is 5.56 Å². The molecule has 2 heterocycles. The molecule has 2 aromatic heterocycles. The lowest BCUT2D eigenvalue weighted by Gasteiger charge is -2.10. The molecule has 1 N–H and O–H groups in total. The number of fused-ring (bicyclic) bond motifs is 1. The van der Waals surface area contributed by atoms with E-state index in [9.17, 15) is 14.0 Å². The van der Waals surface area contributed by atoms with E-state index in [1.807, 2.05) is 4.98 Å². The van der Waals surface area contributed by atoms with Crippen molar-refractivity contribution >= 4 is 28.8 Å². The van der Waals surface area contributed by atoms with Crippen LogP contribution in [0.25, 0.3) is 11.0 Å². The van der Waals surface area contributed by atoms with Gasteiger partial charge in [0.05, 0.1) is 5.39 Å². The largest absolute Gasteiger partial charge is 0.374 e. The van der Waals surface area contributed by atoms with E-state index in [1.54, 1.807) is 19.2 Å². The van der Waals surface area contributed by atoms with Crippen LogP contribution < -0.4 is 16.1 Å². The Morgan fingerprint density at radius 2 is 2.28 bits per heavy atom.